The highest BCUT2D eigenvalue weighted by Crippen LogP contribution is 2.25. The van der Waals surface area contributed by atoms with Crippen LogP contribution < -0.4 is 5.32 Å². The van der Waals surface area contributed by atoms with E-state index in [1.807, 2.05) is 12.3 Å². The average molecular weight is 261 g/mol. The van der Waals surface area contributed by atoms with Crippen LogP contribution in [0.15, 0.2) is 24.4 Å². The quantitative estimate of drug-likeness (QED) is 0.818. The zero-order valence-electron chi connectivity index (χ0n) is 12.3. The molecule has 2 atom stereocenters. The van der Waals surface area contributed by atoms with E-state index in [0.717, 1.165) is 31.7 Å². The fourth-order valence-corrected chi connectivity index (χ4v) is 3.02. The lowest BCUT2D eigenvalue weighted by molar-refractivity contribution is 0.195. The molecule has 0 spiro atoms. The van der Waals surface area contributed by atoms with Crippen molar-refractivity contribution in [2.75, 3.05) is 13.1 Å². The molecule has 1 saturated carbocycles. The van der Waals surface area contributed by atoms with Gasteiger partial charge in [0.05, 0.1) is 5.69 Å². The predicted octanol–water partition coefficient (Wildman–Crippen LogP) is 2.82. The molecule has 1 aromatic heterocycles. The summed E-state index contributed by atoms with van der Waals surface area (Å²) in [6.45, 7) is 7.75. The number of aromatic nitrogens is 1. The third-order valence-electron chi connectivity index (χ3n) is 4.10. The molecule has 3 nitrogen and oxygen atoms in total. The van der Waals surface area contributed by atoms with Crippen molar-refractivity contribution in [2.24, 2.45) is 0 Å². The van der Waals surface area contributed by atoms with Crippen LogP contribution in [0, 0.1) is 0 Å². The lowest BCUT2D eigenvalue weighted by Crippen LogP contribution is -2.35. The number of pyridine rings is 1. The molecule has 1 fully saturated rings. The molecule has 1 aliphatic rings. The van der Waals surface area contributed by atoms with E-state index in [1.54, 1.807) is 0 Å². The van der Waals surface area contributed by atoms with E-state index in [-0.39, 0.29) is 0 Å². The van der Waals surface area contributed by atoms with E-state index in [0.29, 0.717) is 0 Å². The van der Waals surface area contributed by atoms with Crippen LogP contribution in [0.3, 0.4) is 0 Å². The largest absolute Gasteiger partial charge is 0.314 e. The van der Waals surface area contributed by atoms with Crippen LogP contribution in [0.4, 0.5) is 0 Å². The summed E-state index contributed by atoms with van der Waals surface area (Å²) >= 11 is 0. The van der Waals surface area contributed by atoms with Crippen LogP contribution in [0.2, 0.25) is 0 Å². The van der Waals surface area contributed by atoms with Gasteiger partial charge >= 0.3 is 0 Å². The minimum Gasteiger partial charge on any atom is -0.314 e. The van der Waals surface area contributed by atoms with E-state index in [1.165, 1.54) is 31.4 Å². The lowest BCUT2D eigenvalue weighted by atomic mass is 10.2. The molecule has 0 amide bonds. The van der Waals surface area contributed by atoms with Crippen LogP contribution in [0.25, 0.3) is 0 Å². The van der Waals surface area contributed by atoms with Gasteiger partial charge in [-0.25, -0.2) is 0 Å². The van der Waals surface area contributed by atoms with E-state index in [4.69, 9.17) is 0 Å². The summed E-state index contributed by atoms with van der Waals surface area (Å²) in [5.74, 6) is 0. The van der Waals surface area contributed by atoms with Crippen LogP contribution in [0.5, 0.6) is 0 Å². The highest BCUT2D eigenvalue weighted by Gasteiger charge is 2.28. The standard InChI is InChI=1S/C16H27N3/c1-3-10-17-14-8-9-16(12-14)19(4-2)13-15-7-5-6-11-18-15/h5-7,11,14,16-17H,3-4,8-10,12-13H2,1-2H3. The van der Waals surface area contributed by atoms with E-state index in [9.17, 15) is 0 Å². The minimum absolute atomic E-state index is 0.723. The molecule has 1 aliphatic carbocycles. The first kappa shape index (κ1) is 14.5. The SMILES string of the molecule is CCCNC1CCC(N(CC)Cc2ccccn2)C1. The third kappa shape index (κ3) is 4.29. The van der Waals surface area contributed by atoms with Crippen molar-refractivity contribution in [1.82, 2.24) is 15.2 Å². The maximum atomic E-state index is 4.45. The zero-order valence-corrected chi connectivity index (χ0v) is 12.3. The fraction of sp³-hybridized carbons (Fsp3) is 0.688. The molecule has 19 heavy (non-hydrogen) atoms. The van der Waals surface area contributed by atoms with Crippen molar-refractivity contribution in [3.63, 3.8) is 0 Å². The highest BCUT2D eigenvalue weighted by molar-refractivity contribution is 5.04. The summed E-state index contributed by atoms with van der Waals surface area (Å²) < 4.78 is 0. The summed E-state index contributed by atoms with van der Waals surface area (Å²) in [6, 6.07) is 7.64. The van der Waals surface area contributed by atoms with Gasteiger partial charge in [-0.1, -0.05) is 19.9 Å². The summed E-state index contributed by atoms with van der Waals surface area (Å²) in [7, 11) is 0. The van der Waals surface area contributed by atoms with Gasteiger partial charge in [-0.15, -0.1) is 0 Å². The van der Waals surface area contributed by atoms with E-state index >= 15 is 0 Å². The number of nitrogens with zero attached hydrogens (tertiary/aromatic N) is 2. The molecule has 1 aromatic rings. The van der Waals surface area contributed by atoms with Gasteiger partial charge in [-0.2, -0.15) is 0 Å². The van der Waals surface area contributed by atoms with Gasteiger partial charge in [0.15, 0.2) is 0 Å². The first-order valence-electron chi connectivity index (χ1n) is 7.70. The van der Waals surface area contributed by atoms with Crippen molar-refractivity contribution in [1.29, 1.82) is 0 Å². The van der Waals surface area contributed by atoms with Crippen molar-refractivity contribution in [3.8, 4) is 0 Å². The summed E-state index contributed by atoms with van der Waals surface area (Å²) in [4.78, 5) is 7.03. The molecule has 0 bridgehead atoms. The second kappa shape index (κ2) is 7.61. The molecule has 0 aliphatic heterocycles. The molecular formula is C16H27N3. The second-order valence-corrected chi connectivity index (χ2v) is 5.50. The van der Waals surface area contributed by atoms with Crippen molar-refractivity contribution in [2.45, 2.75) is 58.2 Å². The van der Waals surface area contributed by atoms with Crippen LogP contribution in [0.1, 0.15) is 45.2 Å². The number of rotatable bonds is 7. The first-order valence-corrected chi connectivity index (χ1v) is 7.70. The Hall–Kier alpha value is -0.930. The second-order valence-electron chi connectivity index (χ2n) is 5.50. The maximum Gasteiger partial charge on any atom is 0.0544 e. The Labute approximate surface area is 117 Å². The highest BCUT2D eigenvalue weighted by atomic mass is 15.2. The average Bonchev–Trinajstić information content (AvgIpc) is 2.92. The molecule has 2 unspecified atom stereocenters. The van der Waals surface area contributed by atoms with Crippen molar-refractivity contribution >= 4 is 0 Å². The topological polar surface area (TPSA) is 28.2 Å². The van der Waals surface area contributed by atoms with Gasteiger partial charge in [-0.3, -0.25) is 9.88 Å². The number of hydrogen-bond acceptors (Lipinski definition) is 3. The van der Waals surface area contributed by atoms with Crippen LogP contribution in [-0.2, 0) is 6.54 Å². The van der Waals surface area contributed by atoms with Gasteiger partial charge in [0.2, 0.25) is 0 Å². The summed E-state index contributed by atoms with van der Waals surface area (Å²) in [5, 5.41) is 3.66. The molecule has 2 rings (SSSR count). The normalized spacial score (nSPS) is 23.1. The van der Waals surface area contributed by atoms with E-state index in [2.05, 4.69) is 41.2 Å². The van der Waals surface area contributed by atoms with Gasteiger partial charge in [0.25, 0.3) is 0 Å². The predicted molar refractivity (Wildman–Crippen MR) is 80.0 cm³/mol. The molecular weight excluding hydrogens is 234 g/mol. The van der Waals surface area contributed by atoms with Gasteiger partial charge in [-0.05, 0) is 50.9 Å². The van der Waals surface area contributed by atoms with Crippen molar-refractivity contribution < 1.29 is 0 Å². The Bertz CT molecular complexity index is 352. The molecule has 3 heteroatoms. The van der Waals surface area contributed by atoms with E-state index < -0.39 is 0 Å². The Morgan fingerprint density at radius 1 is 1.32 bits per heavy atom. The monoisotopic (exact) mass is 261 g/mol. The molecule has 0 saturated heterocycles. The van der Waals surface area contributed by atoms with Gasteiger partial charge in [0.1, 0.15) is 0 Å². The zero-order chi connectivity index (χ0) is 13.5. The fourth-order valence-electron chi connectivity index (χ4n) is 3.02. The number of nitrogens with one attached hydrogen (secondary N) is 1. The smallest absolute Gasteiger partial charge is 0.0544 e. The van der Waals surface area contributed by atoms with Gasteiger partial charge < -0.3 is 5.32 Å². The Balaban J connectivity index is 1.85. The van der Waals surface area contributed by atoms with Crippen molar-refractivity contribution in [3.05, 3.63) is 30.1 Å². The molecule has 0 radical (unpaired) electrons. The third-order valence-corrected chi connectivity index (χ3v) is 4.10. The molecule has 106 valence electrons. The first-order chi connectivity index (χ1) is 9.33. The summed E-state index contributed by atoms with van der Waals surface area (Å²) in [6.07, 6.45) is 7.06. The lowest BCUT2D eigenvalue weighted by Gasteiger charge is -2.27. The molecule has 1 heterocycles. The van der Waals surface area contributed by atoms with Crippen LogP contribution in [-0.4, -0.2) is 35.1 Å². The Kier molecular flexibility index (Phi) is 5.80. The summed E-state index contributed by atoms with van der Waals surface area (Å²) in [5.41, 5.74) is 1.19. The Morgan fingerprint density at radius 2 is 2.21 bits per heavy atom. The van der Waals surface area contributed by atoms with Crippen LogP contribution >= 0.6 is 0 Å². The molecule has 1 N–H and O–H groups in total. The van der Waals surface area contributed by atoms with Gasteiger partial charge in [0, 0.05) is 24.8 Å². The molecule has 0 aromatic carbocycles. The minimum atomic E-state index is 0.723. The number of hydrogen-bond donors (Lipinski definition) is 1. The Morgan fingerprint density at radius 3 is 2.89 bits per heavy atom. The maximum absolute atomic E-state index is 4.45.